The van der Waals surface area contributed by atoms with Crippen LogP contribution in [0.2, 0.25) is 0 Å². The van der Waals surface area contributed by atoms with E-state index in [0.29, 0.717) is 26.3 Å². The largest absolute Gasteiger partial charge is 0.367 e. The summed E-state index contributed by atoms with van der Waals surface area (Å²) in [7, 11) is 0. The van der Waals surface area contributed by atoms with E-state index < -0.39 is 0 Å². The number of thioether (sulfide) groups is 1. The van der Waals surface area contributed by atoms with Gasteiger partial charge >= 0.3 is 0 Å². The van der Waals surface area contributed by atoms with Gasteiger partial charge < -0.3 is 5.32 Å². The van der Waals surface area contributed by atoms with Crippen LogP contribution in [0, 0.1) is 0 Å². The van der Waals surface area contributed by atoms with E-state index in [0.717, 1.165) is 31.2 Å². The lowest BCUT2D eigenvalue weighted by molar-refractivity contribution is -0.123. The lowest BCUT2D eigenvalue weighted by Gasteiger charge is -2.24. The van der Waals surface area contributed by atoms with Crippen LogP contribution in [-0.2, 0) is 4.79 Å². The molecule has 1 saturated carbocycles. The number of thiocarbonyl (C=S) groups is 1. The first-order valence-corrected chi connectivity index (χ1v) is 12.9. The van der Waals surface area contributed by atoms with Crippen molar-refractivity contribution in [3.05, 3.63) is 81.1 Å². The van der Waals surface area contributed by atoms with E-state index in [9.17, 15) is 9.59 Å². The van der Waals surface area contributed by atoms with Crippen molar-refractivity contribution >= 4 is 51.7 Å². The van der Waals surface area contributed by atoms with Crippen molar-refractivity contribution in [3.8, 4) is 0 Å². The van der Waals surface area contributed by atoms with Crippen molar-refractivity contribution in [2.24, 2.45) is 0 Å². The van der Waals surface area contributed by atoms with E-state index in [4.69, 9.17) is 17.2 Å². The number of amides is 1. The van der Waals surface area contributed by atoms with Crippen molar-refractivity contribution in [1.82, 2.24) is 14.3 Å². The van der Waals surface area contributed by atoms with Crippen molar-refractivity contribution in [2.75, 3.05) is 5.32 Å². The molecule has 1 amide bonds. The maximum atomic E-state index is 13.5. The molecule has 2 fully saturated rings. The lowest BCUT2D eigenvalue weighted by atomic mass is 9.95. The molecule has 0 unspecified atom stereocenters. The molecule has 34 heavy (non-hydrogen) atoms. The maximum Gasteiger partial charge on any atom is 0.267 e. The van der Waals surface area contributed by atoms with Gasteiger partial charge in [-0.05, 0) is 43.5 Å². The summed E-state index contributed by atoms with van der Waals surface area (Å²) in [6.07, 6.45) is 9.02. The molecule has 2 aliphatic rings. The van der Waals surface area contributed by atoms with Crippen LogP contribution in [0.5, 0.6) is 0 Å². The number of benzene rings is 1. The predicted octanol–water partition coefficient (Wildman–Crippen LogP) is 5.40. The molecular formula is C26H26N4O2S2. The Balaban J connectivity index is 1.54. The molecule has 2 aromatic heterocycles. The van der Waals surface area contributed by atoms with Crippen LogP contribution in [0.3, 0.4) is 0 Å². The van der Waals surface area contributed by atoms with E-state index in [-0.39, 0.29) is 23.6 Å². The Labute approximate surface area is 208 Å². The first-order chi connectivity index (χ1) is 16.5. The Hall–Kier alpha value is -2.97. The van der Waals surface area contributed by atoms with Gasteiger partial charge in [-0.2, -0.15) is 0 Å². The Morgan fingerprint density at radius 2 is 1.82 bits per heavy atom. The molecule has 3 heterocycles. The van der Waals surface area contributed by atoms with Crippen LogP contribution in [0.25, 0.3) is 11.7 Å². The Bertz CT molecular complexity index is 1330. The van der Waals surface area contributed by atoms with Gasteiger partial charge in [0.05, 0.1) is 16.5 Å². The van der Waals surface area contributed by atoms with Gasteiger partial charge in [-0.3, -0.25) is 18.9 Å². The molecule has 6 nitrogen and oxygen atoms in total. The van der Waals surface area contributed by atoms with Gasteiger partial charge in [-0.1, -0.05) is 79.6 Å². The standard InChI is InChI=1S/C26H26N4O2S2/c1-17(18-10-4-2-5-11-18)30-25(32)21(34-26(30)33)16-20-23(27-19-12-6-3-7-13-19)28-22-14-8-9-15-29(22)24(20)31/h2,4-5,8-11,14-17,19,27H,3,6-7,12-13H2,1H3/b21-16-/t17-/m0/s1. The predicted molar refractivity (Wildman–Crippen MR) is 142 cm³/mol. The Kier molecular flexibility index (Phi) is 6.52. The number of rotatable bonds is 5. The van der Waals surface area contributed by atoms with Gasteiger partial charge in [-0.25, -0.2) is 4.98 Å². The smallest absolute Gasteiger partial charge is 0.267 e. The summed E-state index contributed by atoms with van der Waals surface area (Å²) in [5, 5.41) is 3.51. The van der Waals surface area contributed by atoms with Crippen molar-refractivity contribution in [2.45, 2.75) is 51.1 Å². The van der Waals surface area contributed by atoms with E-state index >= 15 is 0 Å². The van der Waals surface area contributed by atoms with Gasteiger partial charge in [0.25, 0.3) is 11.5 Å². The molecule has 0 spiro atoms. The number of carbonyl (C=O) groups excluding carboxylic acids is 1. The highest BCUT2D eigenvalue weighted by molar-refractivity contribution is 8.26. The van der Waals surface area contributed by atoms with Crippen LogP contribution in [0.15, 0.2) is 64.4 Å². The van der Waals surface area contributed by atoms with Crippen molar-refractivity contribution < 1.29 is 4.79 Å². The molecular weight excluding hydrogens is 464 g/mol. The topological polar surface area (TPSA) is 66.7 Å². The zero-order valence-electron chi connectivity index (χ0n) is 18.9. The third-order valence-electron chi connectivity index (χ3n) is 6.48. The van der Waals surface area contributed by atoms with Gasteiger partial charge in [0.15, 0.2) is 0 Å². The SMILES string of the molecule is C[C@@H](c1ccccc1)N1C(=O)/C(=C/c2c(NC3CCCCC3)nc3ccccn3c2=O)SC1=S. The second-order valence-electron chi connectivity index (χ2n) is 8.73. The summed E-state index contributed by atoms with van der Waals surface area (Å²) in [5.41, 5.74) is 1.77. The zero-order valence-corrected chi connectivity index (χ0v) is 20.6. The van der Waals surface area contributed by atoms with Crippen LogP contribution >= 0.6 is 24.0 Å². The van der Waals surface area contributed by atoms with Gasteiger partial charge in [0.2, 0.25) is 0 Å². The average molecular weight is 491 g/mol. The first kappa shape index (κ1) is 22.8. The van der Waals surface area contributed by atoms with Crippen molar-refractivity contribution in [3.63, 3.8) is 0 Å². The third kappa shape index (κ3) is 4.40. The molecule has 0 bridgehead atoms. The zero-order chi connectivity index (χ0) is 23.7. The number of nitrogens with zero attached hydrogens (tertiary/aromatic N) is 3. The number of pyridine rings is 1. The van der Waals surface area contributed by atoms with E-state index in [2.05, 4.69) is 5.32 Å². The number of anilines is 1. The summed E-state index contributed by atoms with van der Waals surface area (Å²) >= 11 is 6.81. The molecule has 3 aromatic rings. The molecule has 1 N–H and O–H groups in total. The number of nitrogens with one attached hydrogen (secondary N) is 1. The van der Waals surface area contributed by atoms with E-state index in [1.807, 2.05) is 49.4 Å². The van der Waals surface area contributed by atoms with Crippen LogP contribution in [0.1, 0.15) is 56.2 Å². The van der Waals surface area contributed by atoms with E-state index in [1.54, 1.807) is 23.2 Å². The summed E-state index contributed by atoms with van der Waals surface area (Å²) in [5.74, 6) is 0.344. The molecule has 1 saturated heterocycles. The van der Waals surface area contributed by atoms with Gasteiger partial charge in [0.1, 0.15) is 15.8 Å². The fourth-order valence-corrected chi connectivity index (χ4v) is 6.01. The van der Waals surface area contributed by atoms with E-state index in [1.165, 1.54) is 22.6 Å². The number of aromatic nitrogens is 2. The minimum Gasteiger partial charge on any atom is -0.367 e. The second-order valence-corrected chi connectivity index (χ2v) is 10.4. The molecule has 1 atom stereocenters. The number of hydrogen-bond donors (Lipinski definition) is 1. The summed E-state index contributed by atoms with van der Waals surface area (Å²) in [4.78, 5) is 33.7. The number of carbonyl (C=O) groups is 1. The highest BCUT2D eigenvalue weighted by atomic mass is 32.2. The number of hydrogen-bond acceptors (Lipinski definition) is 6. The monoisotopic (exact) mass is 490 g/mol. The fraction of sp³-hybridized carbons (Fsp3) is 0.308. The molecule has 8 heteroatoms. The molecule has 0 radical (unpaired) electrons. The molecule has 5 rings (SSSR count). The highest BCUT2D eigenvalue weighted by Crippen LogP contribution is 2.38. The summed E-state index contributed by atoms with van der Waals surface area (Å²) in [6.45, 7) is 1.96. The Morgan fingerprint density at radius 3 is 2.59 bits per heavy atom. The summed E-state index contributed by atoms with van der Waals surface area (Å²) < 4.78 is 2.01. The summed E-state index contributed by atoms with van der Waals surface area (Å²) in [6, 6.07) is 15.4. The van der Waals surface area contributed by atoms with Crippen LogP contribution in [-0.4, -0.2) is 30.6 Å². The van der Waals surface area contributed by atoms with Crippen LogP contribution < -0.4 is 10.9 Å². The highest BCUT2D eigenvalue weighted by Gasteiger charge is 2.36. The Morgan fingerprint density at radius 1 is 1.09 bits per heavy atom. The molecule has 1 aliphatic heterocycles. The van der Waals surface area contributed by atoms with Crippen molar-refractivity contribution in [1.29, 1.82) is 0 Å². The molecule has 174 valence electrons. The third-order valence-corrected chi connectivity index (χ3v) is 7.81. The minimum absolute atomic E-state index is 0.187. The normalized spacial score (nSPS) is 19.2. The fourth-order valence-electron chi connectivity index (χ4n) is 4.61. The maximum absolute atomic E-state index is 13.5. The quantitative estimate of drug-likeness (QED) is 0.382. The van der Waals surface area contributed by atoms with Crippen LogP contribution in [0.4, 0.5) is 5.82 Å². The first-order valence-electron chi connectivity index (χ1n) is 11.6. The lowest BCUT2D eigenvalue weighted by Crippen LogP contribution is -2.31. The van der Waals surface area contributed by atoms with Gasteiger partial charge in [-0.15, -0.1) is 0 Å². The molecule has 1 aliphatic carbocycles. The number of fused-ring (bicyclic) bond motifs is 1. The average Bonchev–Trinajstić information content (AvgIpc) is 3.14. The second kappa shape index (κ2) is 9.72. The minimum atomic E-state index is -0.203. The van der Waals surface area contributed by atoms with Gasteiger partial charge in [0, 0.05) is 12.2 Å². The molecule has 1 aromatic carbocycles.